The molecule has 0 heterocycles. The van der Waals surface area contributed by atoms with Gasteiger partial charge in [-0.1, -0.05) is 50.3 Å². The normalized spacial score (nSPS) is 11.8. The van der Waals surface area contributed by atoms with Crippen molar-refractivity contribution in [1.82, 2.24) is 0 Å². The molecular formula is C13H16O2. The maximum Gasteiger partial charge on any atom is 0.331 e. The van der Waals surface area contributed by atoms with E-state index in [9.17, 15) is 4.79 Å². The second-order valence-corrected chi connectivity index (χ2v) is 3.81. The molecule has 1 aromatic carbocycles. The number of allylic oxidation sites excluding steroid dienone is 1. The predicted octanol–water partition coefficient (Wildman–Crippen LogP) is 2.90. The van der Waals surface area contributed by atoms with Crippen molar-refractivity contribution in [2.45, 2.75) is 20.3 Å². The van der Waals surface area contributed by atoms with Crippen LogP contribution in [0.2, 0.25) is 0 Å². The summed E-state index contributed by atoms with van der Waals surface area (Å²) in [5.74, 6) is -0.757. The summed E-state index contributed by atoms with van der Waals surface area (Å²) in [6.07, 6.45) is 2.48. The lowest BCUT2D eigenvalue weighted by atomic mass is 10.0. The Hall–Kier alpha value is -1.57. The minimum Gasteiger partial charge on any atom is -0.478 e. The molecule has 2 heteroatoms. The molecule has 0 aromatic heterocycles. The number of carboxylic acids is 1. The summed E-state index contributed by atoms with van der Waals surface area (Å²) in [6.45, 7) is 3.79. The lowest BCUT2D eigenvalue weighted by Crippen LogP contribution is -2.07. The van der Waals surface area contributed by atoms with Crippen LogP contribution in [-0.4, -0.2) is 11.1 Å². The number of aliphatic carboxylic acids is 1. The molecule has 80 valence electrons. The minimum atomic E-state index is -0.819. The second kappa shape index (κ2) is 5.35. The number of hydrogen-bond acceptors (Lipinski definition) is 1. The first-order chi connectivity index (χ1) is 7.11. The van der Waals surface area contributed by atoms with Crippen LogP contribution in [0.5, 0.6) is 0 Å². The molecule has 0 saturated carbocycles. The first-order valence-corrected chi connectivity index (χ1v) is 5.08. The molecule has 0 unspecified atom stereocenters. The number of carbonyl (C=O) groups is 1. The highest BCUT2D eigenvalue weighted by molar-refractivity contribution is 5.87. The van der Waals surface area contributed by atoms with E-state index in [-0.39, 0.29) is 5.92 Å². The Morgan fingerprint density at radius 1 is 1.33 bits per heavy atom. The number of carboxylic acid groups (broad SMARTS) is 1. The summed E-state index contributed by atoms with van der Waals surface area (Å²) >= 11 is 0. The fraction of sp³-hybridized carbons (Fsp3) is 0.308. The van der Waals surface area contributed by atoms with E-state index in [0.717, 1.165) is 5.56 Å². The van der Waals surface area contributed by atoms with Gasteiger partial charge in [0.25, 0.3) is 0 Å². The van der Waals surface area contributed by atoms with Gasteiger partial charge in [0.1, 0.15) is 0 Å². The van der Waals surface area contributed by atoms with Crippen molar-refractivity contribution < 1.29 is 9.90 Å². The van der Waals surface area contributed by atoms with E-state index in [1.165, 1.54) is 0 Å². The van der Waals surface area contributed by atoms with Gasteiger partial charge >= 0.3 is 5.97 Å². The van der Waals surface area contributed by atoms with Crippen LogP contribution in [0, 0.1) is 5.92 Å². The third-order valence-electron chi connectivity index (χ3n) is 2.27. The van der Waals surface area contributed by atoms with Gasteiger partial charge in [-0.15, -0.1) is 0 Å². The average molecular weight is 204 g/mol. The van der Waals surface area contributed by atoms with E-state index >= 15 is 0 Å². The van der Waals surface area contributed by atoms with Crippen LogP contribution in [0.1, 0.15) is 19.4 Å². The van der Waals surface area contributed by atoms with E-state index in [0.29, 0.717) is 12.0 Å². The van der Waals surface area contributed by atoms with Crippen molar-refractivity contribution >= 4 is 5.97 Å². The van der Waals surface area contributed by atoms with E-state index in [4.69, 9.17) is 5.11 Å². The van der Waals surface area contributed by atoms with Gasteiger partial charge in [-0.3, -0.25) is 0 Å². The molecule has 0 saturated heterocycles. The molecule has 0 radical (unpaired) electrons. The van der Waals surface area contributed by atoms with Gasteiger partial charge in [-0.25, -0.2) is 4.79 Å². The van der Waals surface area contributed by atoms with Gasteiger partial charge in [0.15, 0.2) is 0 Å². The monoisotopic (exact) mass is 204 g/mol. The summed E-state index contributed by atoms with van der Waals surface area (Å²) in [7, 11) is 0. The maximum atomic E-state index is 10.9. The standard InChI is InChI=1S/C13H16O2/c1-10(2)12(13(14)15)9-8-11-6-4-3-5-7-11/h3-7,9-10H,8H2,1-2H3,(H,14,15)/b12-9+. The molecular weight excluding hydrogens is 188 g/mol. The van der Waals surface area contributed by atoms with Crippen molar-refractivity contribution in [3.63, 3.8) is 0 Å². The molecule has 0 spiro atoms. The Morgan fingerprint density at radius 2 is 1.93 bits per heavy atom. The summed E-state index contributed by atoms with van der Waals surface area (Å²) in [4.78, 5) is 10.9. The number of benzene rings is 1. The van der Waals surface area contributed by atoms with Crippen LogP contribution < -0.4 is 0 Å². The first-order valence-electron chi connectivity index (χ1n) is 5.08. The van der Waals surface area contributed by atoms with Crippen LogP contribution in [0.25, 0.3) is 0 Å². The van der Waals surface area contributed by atoms with Gasteiger partial charge in [0, 0.05) is 5.57 Å². The van der Waals surface area contributed by atoms with Gasteiger partial charge in [-0.05, 0) is 17.9 Å². The number of rotatable bonds is 4. The summed E-state index contributed by atoms with van der Waals surface area (Å²) < 4.78 is 0. The zero-order valence-corrected chi connectivity index (χ0v) is 9.10. The molecule has 0 fully saturated rings. The van der Waals surface area contributed by atoms with E-state index < -0.39 is 5.97 Å². The zero-order chi connectivity index (χ0) is 11.3. The highest BCUT2D eigenvalue weighted by Gasteiger charge is 2.10. The van der Waals surface area contributed by atoms with Crippen molar-refractivity contribution in [2.75, 3.05) is 0 Å². The lowest BCUT2D eigenvalue weighted by molar-refractivity contribution is -0.133. The molecule has 0 aliphatic carbocycles. The van der Waals surface area contributed by atoms with Crippen LogP contribution >= 0.6 is 0 Å². The second-order valence-electron chi connectivity index (χ2n) is 3.81. The van der Waals surface area contributed by atoms with Gasteiger partial charge < -0.3 is 5.11 Å². The molecule has 1 aromatic rings. The molecule has 15 heavy (non-hydrogen) atoms. The maximum absolute atomic E-state index is 10.9. The zero-order valence-electron chi connectivity index (χ0n) is 9.10. The molecule has 0 aliphatic rings. The fourth-order valence-corrected chi connectivity index (χ4v) is 1.41. The molecule has 2 nitrogen and oxygen atoms in total. The molecule has 0 bridgehead atoms. The third kappa shape index (κ3) is 3.58. The summed E-state index contributed by atoms with van der Waals surface area (Å²) in [5.41, 5.74) is 1.62. The predicted molar refractivity (Wildman–Crippen MR) is 60.7 cm³/mol. The van der Waals surface area contributed by atoms with Crippen LogP contribution in [-0.2, 0) is 11.2 Å². The minimum absolute atomic E-state index is 0.0613. The Bertz CT molecular complexity index is 350. The first kappa shape index (κ1) is 11.5. The van der Waals surface area contributed by atoms with Crippen molar-refractivity contribution in [1.29, 1.82) is 0 Å². The SMILES string of the molecule is CC(C)/C(=C\Cc1ccccc1)C(=O)O. The molecule has 0 atom stereocenters. The Morgan fingerprint density at radius 3 is 2.40 bits per heavy atom. The Balaban J connectivity index is 2.75. The third-order valence-corrected chi connectivity index (χ3v) is 2.27. The van der Waals surface area contributed by atoms with Crippen LogP contribution in [0.4, 0.5) is 0 Å². The lowest BCUT2D eigenvalue weighted by Gasteiger charge is -2.05. The van der Waals surface area contributed by atoms with Gasteiger partial charge in [0.05, 0.1) is 0 Å². The summed E-state index contributed by atoms with van der Waals surface area (Å²) in [5, 5.41) is 8.95. The quantitative estimate of drug-likeness (QED) is 0.766. The van der Waals surface area contributed by atoms with Crippen molar-refractivity contribution in [3.05, 3.63) is 47.5 Å². The Labute approximate surface area is 90.3 Å². The average Bonchev–Trinajstić information content (AvgIpc) is 2.18. The van der Waals surface area contributed by atoms with Crippen molar-refractivity contribution in [2.24, 2.45) is 5.92 Å². The van der Waals surface area contributed by atoms with Crippen LogP contribution in [0.3, 0.4) is 0 Å². The van der Waals surface area contributed by atoms with Crippen LogP contribution in [0.15, 0.2) is 42.0 Å². The van der Waals surface area contributed by atoms with E-state index in [2.05, 4.69) is 0 Å². The number of hydrogen-bond donors (Lipinski definition) is 1. The Kier molecular flexibility index (Phi) is 4.10. The molecule has 1 rings (SSSR count). The summed E-state index contributed by atoms with van der Waals surface area (Å²) in [6, 6.07) is 9.86. The smallest absolute Gasteiger partial charge is 0.331 e. The van der Waals surface area contributed by atoms with Gasteiger partial charge in [-0.2, -0.15) is 0 Å². The molecule has 0 aliphatic heterocycles. The topological polar surface area (TPSA) is 37.3 Å². The van der Waals surface area contributed by atoms with E-state index in [1.807, 2.05) is 44.2 Å². The molecule has 0 amide bonds. The fourth-order valence-electron chi connectivity index (χ4n) is 1.41. The van der Waals surface area contributed by atoms with E-state index in [1.54, 1.807) is 6.08 Å². The van der Waals surface area contributed by atoms with Crippen molar-refractivity contribution in [3.8, 4) is 0 Å². The highest BCUT2D eigenvalue weighted by atomic mass is 16.4. The largest absolute Gasteiger partial charge is 0.478 e. The highest BCUT2D eigenvalue weighted by Crippen LogP contribution is 2.11. The van der Waals surface area contributed by atoms with Gasteiger partial charge in [0.2, 0.25) is 0 Å². The molecule has 1 N–H and O–H groups in total.